The molecule has 0 spiro atoms. The van der Waals surface area contributed by atoms with E-state index in [1.807, 2.05) is 13.8 Å². The summed E-state index contributed by atoms with van der Waals surface area (Å²) in [5.74, 6) is 0.483. The highest BCUT2D eigenvalue weighted by molar-refractivity contribution is 7.90. The number of carboxylic acid groups (broad SMARTS) is 1. The summed E-state index contributed by atoms with van der Waals surface area (Å²) >= 11 is 0. The molecular formula is C25H24N2O6S. The van der Waals surface area contributed by atoms with E-state index in [-0.39, 0.29) is 23.8 Å². The Kier molecular flexibility index (Phi) is 6.56. The van der Waals surface area contributed by atoms with Crippen molar-refractivity contribution in [1.82, 2.24) is 8.96 Å². The number of aromatic nitrogens is 2. The van der Waals surface area contributed by atoms with Crippen molar-refractivity contribution in [3.05, 3.63) is 78.6 Å². The molecule has 1 N–H and O–H groups in total. The normalized spacial score (nSPS) is 11.6. The van der Waals surface area contributed by atoms with Gasteiger partial charge in [-0.15, -0.1) is 0 Å². The second kappa shape index (κ2) is 9.56. The van der Waals surface area contributed by atoms with Crippen LogP contribution in [0.4, 0.5) is 0 Å². The summed E-state index contributed by atoms with van der Waals surface area (Å²) in [5, 5.41) is 9.77. The molecule has 0 bridgehead atoms. The number of carboxylic acids is 1. The van der Waals surface area contributed by atoms with Crippen LogP contribution < -0.4 is 9.47 Å². The summed E-state index contributed by atoms with van der Waals surface area (Å²) in [6.07, 6.45) is 3.10. The lowest BCUT2D eigenvalue weighted by Gasteiger charge is -2.11. The van der Waals surface area contributed by atoms with E-state index in [0.717, 1.165) is 0 Å². The van der Waals surface area contributed by atoms with Crippen LogP contribution in [0.2, 0.25) is 0 Å². The van der Waals surface area contributed by atoms with Gasteiger partial charge >= 0.3 is 5.97 Å². The van der Waals surface area contributed by atoms with Gasteiger partial charge in [0, 0.05) is 30.3 Å². The lowest BCUT2D eigenvalue weighted by molar-refractivity contribution is -0.136. The molecular weight excluding hydrogens is 456 g/mol. The third-order valence-corrected chi connectivity index (χ3v) is 6.73. The van der Waals surface area contributed by atoms with E-state index in [1.54, 1.807) is 54.7 Å². The van der Waals surface area contributed by atoms with Crippen molar-refractivity contribution in [2.24, 2.45) is 0 Å². The van der Waals surface area contributed by atoms with Crippen molar-refractivity contribution in [3.8, 4) is 17.4 Å². The quantitative estimate of drug-likeness (QED) is 0.364. The predicted octanol–water partition coefficient (Wildman–Crippen LogP) is 4.87. The lowest BCUT2D eigenvalue weighted by atomic mass is 10.1. The van der Waals surface area contributed by atoms with Gasteiger partial charge in [-0.25, -0.2) is 17.4 Å². The van der Waals surface area contributed by atoms with E-state index in [4.69, 9.17) is 14.6 Å². The molecule has 176 valence electrons. The van der Waals surface area contributed by atoms with E-state index in [1.165, 1.54) is 22.3 Å². The Hall–Kier alpha value is -3.85. The number of nitrogens with zero attached hydrogens (tertiary/aromatic N) is 2. The fourth-order valence-electron chi connectivity index (χ4n) is 3.55. The highest BCUT2D eigenvalue weighted by Gasteiger charge is 2.22. The first-order valence-electron chi connectivity index (χ1n) is 10.7. The molecule has 0 saturated heterocycles. The number of hydrogen-bond acceptors (Lipinski definition) is 6. The van der Waals surface area contributed by atoms with Crippen LogP contribution in [0, 0.1) is 0 Å². The van der Waals surface area contributed by atoms with Gasteiger partial charge in [0.15, 0.2) is 0 Å². The van der Waals surface area contributed by atoms with Crippen LogP contribution in [0.5, 0.6) is 17.4 Å². The molecule has 9 heteroatoms. The average molecular weight is 481 g/mol. The van der Waals surface area contributed by atoms with E-state index < -0.39 is 16.0 Å². The fourth-order valence-corrected chi connectivity index (χ4v) is 4.94. The third kappa shape index (κ3) is 5.04. The molecule has 8 nitrogen and oxygen atoms in total. The van der Waals surface area contributed by atoms with E-state index in [9.17, 15) is 13.2 Å². The van der Waals surface area contributed by atoms with Crippen LogP contribution in [0.3, 0.4) is 0 Å². The first-order valence-corrected chi connectivity index (χ1v) is 12.1. The molecule has 0 fully saturated rings. The number of rotatable bonds is 9. The molecule has 0 saturated carbocycles. The summed E-state index contributed by atoms with van der Waals surface area (Å²) in [6, 6.07) is 16.4. The molecule has 2 aromatic heterocycles. The van der Waals surface area contributed by atoms with Crippen molar-refractivity contribution in [1.29, 1.82) is 0 Å². The van der Waals surface area contributed by atoms with Crippen molar-refractivity contribution in [2.45, 2.75) is 37.7 Å². The molecule has 0 radical (unpaired) electrons. The molecule has 4 rings (SSSR count). The number of benzene rings is 2. The summed E-state index contributed by atoms with van der Waals surface area (Å²) in [5.41, 5.74) is 1.07. The van der Waals surface area contributed by atoms with Gasteiger partial charge in [-0.3, -0.25) is 4.79 Å². The second-order valence-electron chi connectivity index (χ2n) is 7.94. The van der Waals surface area contributed by atoms with Crippen LogP contribution in [-0.2, 0) is 21.2 Å². The highest BCUT2D eigenvalue weighted by Crippen LogP contribution is 2.31. The largest absolute Gasteiger partial charge is 0.491 e. The maximum absolute atomic E-state index is 13.5. The van der Waals surface area contributed by atoms with Gasteiger partial charge in [-0.05, 0) is 74.4 Å². The maximum atomic E-state index is 13.5. The Balaban J connectivity index is 1.71. The van der Waals surface area contributed by atoms with Crippen molar-refractivity contribution in [3.63, 3.8) is 0 Å². The van der Waals surface area contributed by atoms with Gasteiger partial charge in [0.05, 0.1) is 16.5 Å². The number of fused-ring (bicyclic) bond motifs is 1. The number of ether oxygens (including phenoxy) is 2. The number of carbonyl (C=O) groups is 1. The number of aliphatic carboxylic acids is 1. The lowest BCUT2D eigenvalue weighted by Crippen LogP contribution is -2.12. The summed E-state index contributed by atoms with van der Waals surface area (Å²) in [7, 11) is -3.95. The van der Waals surface area contributed by atoms with E-state index >= 15 is 0 Å². The third-order valence-electron chi connectivity index (χ3n) is 5.05. The molecule has 0 aliphatic carbocycles. The van der Waals surface area contributed by atoms with Crippen LogP contribution >= 0.6 is 0 Å². The minimum Gasteiger partial charge on any atom is -0.491 e. The average Bonchev–Trinajstić information content (AvgIpc) is 3.17. The fraction of sp³-hybridized carbons (Fsp3) is 0.200. The molecule has 0 amide bonds. The molecule has 0 unspecified atom stereocenters. The van der Waals surface area contributed by atoms with E-state index in [0.29, 0.717) is 33.8 Å². The van der Waals surface area contributed by atoms with Gasteiger partial charge in [0.1, 0.15) is 11.5 Å². The summed E-state index contributed by atoms with van der Waals surface area (Å²) in [4.78, 5) is 15.3. The Morgan fingerprint density at radius 1 is 1.06 bits per heavy atom. The summed E-state index contributed by atoms with van der Waals surface area (Å²) in [6.45, 7) is 3.79. The molecule has 34 heavy (non-hydrogen) atoms. The molecule has 0 atom stereocenters. The standard InChI is InChI=1S/C25H24N2O6S/c1-17(2)32-20-9-12-23-22(15-20)18(6-13-25(28)29)16-27(23)34(30,31)21-10-7-19(8-11-21)33-24-5-3-4-14-26-24/h3-5,7-12,14-17H,6,13H2,1-2H3,(H,28,29). The zero-order chi connectivity index (χ0) is 24.3. The minimum absolute atomic E-state index is 0.0578. The predicted molar refractivity (Wildman–Crippen MR) is 127 cm³/mol. The van der Waals surface area contributed by atoms with Gasteiger partial charge in [0.25, 0.3) is 10.0 Å². The van der Waals surface area contributed by atoms with Crippen LogP contribution in [0.1, 0.15) is 25.8 Å². The monoisotopic (exact) mass is 480 g/mol. The highest BCUT2D eigenvalue weighted by atomic mass is 32.2. The van der Waals surface area contributed by atoms with Crippen molar-refractivity contribution in [2.75, 3.05) is 0 Å². The zero-order valence-corrected chi connectivity index (χ0v) is 19.5. The molecule has 4 aromatic rings. The Labute approximate surface area is 197 Å². The van der Waals surface area contributed by atoms with Crippen LogP contribution in [0.15, 0.2) is 78.0 Å². The first-order chi connectivity index (χ1) is 16.2. The molecule has 0 aliphatic rings. The second-order valence-corrected chi connectivity index (χ2v) is 9.75. The van der Waals surface area contributed by atoms with Crippen LogP contribution in [0.25, 0.3) is 10.9 Å². The Bertz CT molecular complexity index is 1410. The topological polar surface area (TPSA) is 108 Å². The van der Waals surface area contributed by atoms with Crippen molar-refractivity contribution < 1.29 is 27.8 Å². The molecule has 2 aromatic carbocycles. The Morgan fingerprint density at radius 2 is 1.79 bits per heavy atom. The summed E-state index contributed by atoms with van der Waals surface area (Å²) < 4.78 is 39.6. The number of pyridine rings is 1. The van der Waals surface area contributed by atoms with E-state index in [2.05, 4.69) is 4.98 Å². The molecule has 0 aliphatic heterocycles. The molecule has 2 heterocycles. The Morgan fingerprint density at radius 3 is 2.44 bits per heavy atom. The van der Waals surface area contributed by atoms with Crippen LogP contribution in [-0.4, -0.2) is 34.6 Å². The van der Waals surface area contributed by atoms with Gasteiger partial charge in [-0.2, -0.15) is 0 Å². The number of hydrogen-bond donors (Lipinski definition) is 1. The van der Waals surface area contributed by atoms with Gasteiger partial charge in [-0.1, -0.05) is 6.07 Å². The minimum atomic E-state index is -3.95. The van der Waals surface area contributed by atoms with Gasteiger partial charge < -0.3 is 14.6 Å². The SMILES string of the molecule is CC(C)Oc1ccc2c(c1)c(CCC(=O)O)cn2S(=O)(=O)c1ccc(Oc2ccccn2)cc1. The smallest absolute Gasteiger partial charge is 0.303 e. The van der Waals surface area contributed by atoms with Gasteiger partial charge in [0.2, 0.25) is 5.88 Å². The zero-order valence-electron chi connectivity index (χ0n) is 18.7. The van der Waals surface area contributed by atoms with Crippen molar-refractivity contribution >= 4 is 26.9 Å². The maximum Gasteiger partial charge on any atom is 0.303 e. The number of aryl methyl sites for hydroxylation is 1. The first kappa shape index (κ1) is 23.3.